The van der Waals surface area contributed by atoms with Crippen LogP contribution in [-0.4, -0.2) is 32.1 Å². The van der Waals surface area contributed by atoms with Crippen LogP contribution < -0.4 is 16.4 Å². The summed E-state index contributed by atoms with van der Waals surface area (Å²) >= 11 is 0. The van der Waals surface area contributed by atoms with E-state index in [2.05, 4.69) is 45.3 Å². The van der Waals surface area contributed by atoms with Crippen molar-refractivity contribution in [2.24, 2.45) is 16.6 Å². The van der Waals surface area contributed by atoms with Crippen LogP contribution in [0.25, 0.3) is 0 Å². The topological polar surface area (TPSA) is 67.2 Å². The maximum Gasteiger partial charge on any atom is 0.226 e. The van der Waals surface area contributed by atoms with Gasteiger partial charge in [-0.3, -0.25) is 4.79 Å². The Morgan fingerprint density at radius 2 is 1.48 bits per heavy atom. The van der Waals surface area contributed by atoms with Gasteiger partial charge in [-0.15, -0.1) is 0 Å². The second-order valence-corrected chi connectivity index (χ2v) is 8.02. The molecule has 4 N–H and O–H groups in total. The summed E-state index contributed by atoms with van der Waals surface area (Å²) in [5, 5.41) is 5.93. The molecule has 0 unspecified atom stereocenters. The zero-order chi connectivity index (χ0) is 17.3. The largest absolute Gasteiger partial charge is 0.351 e. The van der Waals surface area contributed by atoms with E-state index >= 15 is 0 Å². The summed E-state index contributed by atoms with van der Waals surface area (Å²) in [7, 11) is 3.75. The van der Waals surface area contributed by atoms with E-state index in [1.807, 2.05) is 27.9 Å². The van der Waals surface area contributed by atoms with Gasteiger partial charge in [0.15, 0.2) is 0 Å². The number of carbonyl (C=O) groups is 1. The Morgan fingerprint density at radius 1 is 1.05 bits per heavy atom. The highest BCUT2D eigenvalue weighted by atomic mass is 16.2. The van der Waals surface area contributed by atoms with Crippen LogP contribution in [0.1, 0.15) is 67.7 Å². The van der Waals surface area contributed by atoms with E-state index < -0.39 is 0 Å². The molecule has 0 radical (unpaired) electrons. The van der Waals surface area contributed by atoms with Crippen LogP contribution in [0, 0.1) is 10.8 Å². The summed E-state index contributed by atoms with van der Waals surface area (Å²) in [5.41, 5.74) is 5.30. The molecule has 21 heavy (non-hydrogen) atoms. The Labute approximate surface area is 132 Å². The van der Waals surface area contributed by atoms with Crippen LogP contribution >= 0.6 is 0 Å². The van der Waals surface area contributed by atoms with Crippen LogP contribution in [0.2, 0.25) is 0 Å². The molecule has 0 saturated carbocycles. The molecule has 0 heterocycles. The zero-order valence-electron chi connectivity index (χ0n) is 15.8. The van der Waals surface area contributed by atoms with Gasteiger partial charge in [0.25, 0.3) is 0 Å². The van der Waals surface area contributed by atoms with E-state index in [1.54, 1.807) is 0 Å². The van der Waals surface area contributed by atoms with Crippen molar-refractivity contribution >= 4 is 5.91 Å². The molecule has 128 valence electrons. The molecule has 0 aromatic rings. The predicted molar refractivity (Wildman–Crippen MR) is 93.3 cm³/mol. The lowest BCUT2D eigenvalue weighted by Gasteiger charge is -2.37. The van der Waals surface area contributed by atoms with E-state index in [-0.39, 0.29) is 22.3 Å². The van der Waals surface area contributed by atoms with Crippen LogP contribution in [-0.2, 0) is 4.79 Å². The van der Waals surface area contributed by atoms with E-state index in [9.17, 15) is 4.79 Å². The highest BCUT2D eigenvalue weighted by Gasteiger charge is 2.34. The summed E-state index contributed by atoms with van der Waals surface area (Å²) in [5.74, 6) is 0.141. The molecule has 0 aliphatic rings. The Hall–Kier alpha value is -0.610. The van der Waals surface area contributed by atoms with Crippen LogP contribution in [0.15, 0.2) is 0 Å². The fourth-order valence-electron chi connectivity index (χ4n) is 2.53. The van der Waals surface area contributed by atoms with Crippen LogP contribution in [0.5, 0.6) is 0 Å². The van der Waals surface area contributed by atoms with Gasteiger partial charge in [0.2, 0.25) is 5.91 Å². The monoisotopic (exact) mass is 301 g/mol. The van der Waals surface area contributed by atoms with Gasteiger partial charge in [-0.05, 0) is 52.7 Å². The summed E-state index contributed by atoms with van der Waals surface area (Å²) in [6, 6.07) is 0. The van der Waals surface area contributed by atoms with Gasteiger partial charge in [0.05, 0.1) is 0 Å². The third-order valence-electron chi connectivity index (χ3n) is 3.41. The molecule has 0 rings (SSSR count). The van der Waals surface area contributed by atoms with E-state index in [4.69, 9.17) is 5.73 Å². The van der Waals surface area contributed by atoms with Gasteiger partial charge in [0, 0.05) is 11.0 Å². The minimum Gasteiger partial charge on any atom is -0.351 e. The van der Waals surface area contributed by atoms with Gasteiger partial charge in [0.1, 0.15) is 0 Å². The molecule has 0 aromatic carbocycles. The molecule has 0 atom stereocenters. The van der Waals surface area contributed by atoms with Gasteiger partial charge in [-0.25, -0.2) is 0 Å². The smallest absolute Gasteiger partial charge is 0.226 e. The summed E-state index contributed by atoms with van der Waals surface area (Å²) in [6.07, 6.45) is 2.81. The number of nitrogens with two attached hydrogens (primary N) is 1. The molecule has 0 aromatic heterocycles. The number of amides is 1. The Bertz CT molecular complexity index is 296. The SMILES string of the molecule is CCCC(C)(C)C(=O)NC(C)(C)CC(C)(C)CN.CNC. The molecule has 1 amide bonds. The lowest BCUT2D eigenvalue weighted by molar-refractivity contribution is -0.131. The van der Waals surface area contributed by atoms with E-state index in [1.165, 1.54) is 0 Å². The third-order valence-corrected chi connectivity index (χ3v) is 3.41. The lowest BCUT2D eigenvalue weighted by Crippen LogP contribution is -2.51. The van der Waals surface area contributed by atoms with Crippen molar-refractivity contribution in [3.8, 4) is 0 Å². The quantitative estimate of drug-likeness (QED) is 0.677. The normalized spacial score (nSPS) is 12.5. The van der Waals surface area contributed by atoms with Crippen molar-refractivity contribution in [3.05, 3.63) is 0 Å². The molecule has 0 spiro atoms. The number of hydrogen-bond acceptors (Lipinski definition) is 3. The maximum atomic E-state index is 12.3. The second kappa shape index (κ2) is 9.42. The number of hydrogen-bond donors (Lipinski definition) is 3. The minimum atomic E-state index is -0.293. The molecule has 0 saturated heterocycles. The first-order chi connectivity index (χ1) is 9.37. The molecule has 0 bridgehead atoms. The summed E-state index contributed by atoms with van der Waals surface area (Å²) < 4.78 is 0. The van der Waals surface area contributed by atoms with Crippen LogP contribution in [0.4, 0.5) is 0 Å². The van der Waals surface area contributed by atoms with Gasteiger partial charge in [-0.1, -0.05) is 41.0 Å². The van der Waals surface area contributed by atoms with Crippen molar-refractivity contribution in [2.45, 2.75) is 73.3 Å². The van der Waals surface area contributed by atoms with Crippen molar-refractivity contribution < 1.29 is 4.79 Å². The zero-order valence-corrected chi connectivity index (χ0v) is 15.8. The number of carbonyl (C=O) groups excluding carboxylic acids is 1. The number of nitrogens with one attached hydrogen (secondary N) is 2. The number of rotatable bonds is 7. The average molecular weight is 302 g/mol. The predicted octanol–water partition coefficient (Wildman–Crippen LogP) is 2.92. The lowest BCUT2D eigenvalue weighted by atomic mass is 9.79. The molecule has 4 heteroatoms. The Balaban J connectivity index is 0. The maximum absolute atomic E-state index is 12.3. The van der Waals surface area contributed by atoms with Crippen molar-refractivity contribution in [1.29, 1.82) is 0 Å². The molecular formula is C17H39N3O. The highest BCUT2D eigenvalue weighted by molar-refractivity contribution is 5.82. The minimum absolute atomic E-state index is 0.0473. The van der Waals surface area contributed by atoms with E-state index in [0.717, 1.165) is 19.3 Å². The van der Waals surface area contributed by atoms with Gasteiger partial charge >= 0.3 is 0 Å². The first-order valence-corrected chi connectivity index (χ1v) is 7.98. The van der Waals surface area contributed by atoms with Gasteiger partial charge in [-0.2, -0.15) is 0 Å². The molecule has 4 nitrogen and oxygen atoms in total. The first-order valence-electron chi connectivity index (χ1n) is 7.98. The summed E-state index contributed by atoms with van der Waals surface area (Å²) in [6.45, 7) is 15.2. The average Bonchev–Trinajstić information content (AvgIpc) is 2.27. The highest BCUT2D eigenvalue weighted by Crippen LogP contribution is 2.29. The standard InChI is InChI=1S/C15H32N2O.C2H7N/c1-8-9-14(4,5)12(18)17-15(6,7)10-13(2,3)11-16;1-3-2/h8-11,16H2,1-7H3,(H,17,18);3H,1-2H3. The van der Waals surface area contributed by atoms with Crippen molar-refractivity contribution in [2.75, 3.05) is 20.6 Å². The molecule has 0 aliphatic carbocycles. The fraction of sp³-hybridized carbons (Fsp3) is 0.941. The molecule has 0 aliphatic heterocycles. The fourth-order valence-corrected chi connectivity index (χ4v) is 2.53. The first kappa shape index (κ1) is 22.7. The molecule has 0 fully saturated rings. The van der Waals surface area contributed by atoms with Gasteiger partial charge < -0.3 is 16.4 Å². The second-order valence-electron chi connectivity index (χ2n) is 8.02. The molecular weight excluding hydrogens is 262 g/mol. The van der Waals surface area contributed by atoms with Crippen LogP contribution in [0.3, 0.4) is 0 Å². The van der Waals surface area contributed by atoms with E-state index in [0.29, 0.717) is 6.54 Å². The third kappa shape index (κ3) is 10.7. The van der Waals surface area contributed by atoms with Crippen molar-refractivity contribution in [1.82, 2.24) is 10.6 Å². The summed E-state index contributed by atoms with van der Waals surface area (Å²) in [4.78, 5) is 12.3. The Morgan fingerprint density at radius 3 is 1.81 bits per heavy atom. The van der Waals surface area contributed by atoms with Crippen molar-refractivity contribution in [3.63, 3.8) is 0 Å². The Kier molecular flexibility index (Phi) is 10.2.